The van der Waals surface area contributed by atoms with Crippen LogP contribution in [0.3, 0.4) is 0 Å². The standard InChI is InChI=1S/C19H26ClN3O2/c1-14(2)13-21-8-10-22(11-9-21)19(25)16-6-5-15(20)12-17(16)23-7-3-4-18(23)24/h5-6,12,14H,3-4,7-11,13H2,1-2H3. The lowest BCUT2D eigenvalue weighted by atomic mass is 10.1. The molecule has 25 heavy (non-hydrogen) atoms. The first-order valence-corrected chi connectivity index (χ1v) is 9.45. The zero-order chi connectivity index (χ0) is 18.0. The van der Waals surface area contributed by atoms with Crippen molar-refractivity contribution in [2.24, 2.45) is 5.92 Å². The van der Waals surface area contributed by atoms with Gasteiger partial charge in [-0.1, -0.05) is 25.4 Å². The molecule has 0 unspecified atom stereocenters. The van der Waals surface area contributed by atoms with Crippen LogP contribution in [0.15, 0.2) is 18.2 Å². The van der Waals surface area contributed by atoms with Crippen molar-refractivity contribution in [2.75, 3.05) is 44.2 Å². The van der Waals surface area contributed by atoms with E-state index in [2.05, 4.69) is 18.7 Å². The predicted molar refractivity (Wildman–Crippen MR) is 100 cm³/mol. The molecular formula is C19H26ClN3O2. The maximum Gasteiger partial charge on any atom is 0.256 e. The number of piperazine rings is 1. The SMILES string of the molecule is CC(C)CN1CCN(C(=O)c2ccc(Cl)cc2N2CCCC2=O)CC1. The van der Waals surface area contributed by atoms with Crippen molar-refractivity contribution in [3.63, 3.8) is 0 Å². The average molecular weight is 364 g/mol. The third kappa shape index (κ3) is 4.15. The second-order valence-electron chi connectivity index (χ2n) is 7.30. The maximum absolute atomic E-state index is 13.1. The van der Waals surface area contributed by atoms with Crippen molar-refractivity contribution in [1.29, 1.82) is 0 Å². The minimum absolute atomic E-state index is 0.00411. The molecule has 0 N–H and O–H groups in total. The molecule has 2 aliphatic rings. The number of rotatable bonds is 4. The van der Waals surface area contributed by atoms with Gasteiger partial charge in [0.15, 0.2) is 0 Å². The van der Waals surface area contributed by atoms with Crippen molar-refractivity contribution in [1.82, 2.24) is 9.80 Å². The number of hydrogen-bond acceptors (Lipinski definition) is 3. The zero-order valence-corrected chi connectivity index (χ0v) is 15.8. The van der Waals surface area contributed by atoms with Gasteiger partial charge in [-0.05, 0) is 30.5 Å². The summed E-state index contributed by atoms with van der Waals surface area (Å²) >= 11 is 6.13. The molecule has 6 heteroatoms. The van der Waals surface area contributed by atoms with Crippen LogP contribution in [-0.4, -0.2) is 60.9 Å². The van der Waals surface area contributed by atoms with E-state index in [9.17, 15) is 9.59 Å². The predicted octanol–water partition coefficient (Wildman–Crippen LogP) is 2.88. The highest BCUT2D eigenvalue weighted by molar-refractivity contribution is 6.31. The van der Waals surface area contributed by atoms with Crippen LogP contribution in [-0.2, 0) is 4.79 Å². The van der Waals surface area contributed by atoms with Crippen molar-refractivity contribution in [2.45, 2.75) is 26.7 Å². The molecule has 0 bridgehead atoms. The van der Waals surface area contributed by atoms with Crippen LogP contribution >= 0.6 is 11.6 Å². The van der Waals surface area contributed by atoms with Gasteiger partial charge in [0.1, 0.15) is 0 Å². The highest BCUT2D eigenvalue weighted by atomic mass is 35.5. The van der Waals surface area contributed by atoms with Gasteiger partial charge < -0.3 is 9.80 Å². The average Bonchev–Trinajstić information content (AvgIpc) is 3.00. The van der Waals surface area contributed by atoms with Gasteiger partial charge in [-0.25, -0.2) is 0 Å². The van der Waals surface area contributed by atoms with E-state index >= 15 is 0 Å². The van der Waals surface area contributed by atoms with Crippen molar-refractivity contribution >= 4 is 29.1 Å². The Morgan fingerprint density at radius 1 is 1.16 bits per heavy atom. The lowest BCUT2D eigenvalue weighted by Gasteiger charge is -2.36. The molecule has 0 spiro atoms. The van der Waals surface area contributed by atoms with Gasteiger partial charge in [0.25, 0.3) is 5.91 Å². The summed E-state index contributed by atoms with van der Waals surface area (Å²) in [4.78, 5) is 31.2. The Kier molecular flexibility index (Phi) is 5.64. The Labute approximate surface area is 154 Å². The van der Waals surface area contributed by atoms with E-state index in [1.807, 2.05) is 4.90 Å². The summed E-state index contributed by atoms with van der Waals surface area (Å²) in [6.07, 6.45) is 1.36. The topological polar surface area (TPSA) is 43.9 Å². The molecule has 0 aromatic heterocycles. The molecule has 0 atom stereocenters. The molecule has 0 aliphatic carbocycles. The molecule has 1 aromatic carbocycles. The lowest BCUT2D eigenvalue weighted by molar-refractivity contribution is -0.117. The molecule has 0 radical (unpaired) electrons. The van der Waals surface area contributed by atoms with Crippen LogP contribution in [0.5, 0.6) is 0 Å². The Balaban J connectivity index is 1.75. The maximum atomic E-state index is 13.1. The smallest absolute Gasteiger partial charge is 0.256 e. The summed E-state index contributed by atoms with van der Waals surface area (Å²) in [5.74, 6) is 0.694. The van der Waals surface area contributed by atoms with Gasteiger partial charge in [0.05, 0.1) is 11.3 Å². The zero-order valence-electron chi connectivity index (χ0n) is 15.0. The fourth-order valence-electron chi connectivity index (χ4n) is 3.63. The number of halogens is 1. The summed E-state index contributed by atoms with van der Waals surface area (Å²) in [5.41, 5.74) is 1.24. The molecule has 2 amide bonds. The van der Waals surface area contributed by atoms with Crippen LogP contribution in [0.4, 0.5) is 5.69 Å². The van der Waals surface area contributed by atoms with E-state index in [0.29, 0.717) is 35.2 Å². The van der Waals surface area contributed by atoms with E-state index in [0.717, 1.165) is 39.1 Å². The van der Waals surface area contributed by atoms with Gasteiger partial charge in [-0.3, -0.25) is 14.5 Å². The highest BCUT2D eigenvalue weighted by Crippen LogP contribution is 2.29. The van der Waals surface area contributed by atoms with Gasteiger partial charge in [0.2, 0.25) is 5.91 Å². The van der Waals surface area contributed by atoms with Crippen molar-refractivity contribution in [3.8, 4) is 0 Å². The molecule has 2 fully saturated rings. The normalized spacial score (nSPS) is 19.1. The fraction of sp³-hybridized carbons (Fsp3) is 0.579. The second-order valence-corrected chi connectivity index (χ2v) is 7.73. The van der Waals surface area contributed by atoms with E-state index in [1.165, 1.54) is 0 Å². The Morgan fingerprint density at radius 2 is 1.88 bits per heavy atom. The Morgan fingerprint density at radius 3 is 2.48 bits per heavy atom. The molecule has 2 saturated heterocycles. The molecule has 2 aliphatic heterocycles. The number of nitrogens with zero attached hydrogens (tertiary/aromatic N) is 3. The van der Waals surface area contributed by atoms with Crippen LogP contribution < -0.4 is 4.90 Å². The molecule has 5 nitrogen and oxygen atoms in total. The van der Waals surface area contributed by atoms with Crippen LogP contribution in [0.2, 0.25) is 5.02 Å². The van der Waals surface area contributed by atoms with Gasteiger partial charge >= 0.3 is 0 Å². The quantitative estimate of drug-likeness (QED) is 0.826. The first-order valence-electron chi connectivity index (χ1n) is 9.07. The summed E-state index contributed by atoms with van der Waals surface area (Å²) in [6.45, 7) is 9.39. The summed E-state index contributed by atoms with van der Waals surface area (Å²) in [5, 5.41) is 0.549. The number of carbonyl (C=O) groups is 2. The largest absolute Gasteiger partial charge is 0.336 e. The first-order chi connectivity index (χ1) is 12.0. The lowest BCUT2D eigenvalue weighted by Crippen LogP contribution is -2.49. The second kappa shape index (κ2) is 7.75. The minimum Gasteiger partial charge on any atom is -0.336 e. The number of carbonyl (C=O) groups excluding carboxylic acids is 2. The van der Waals surface area contributed by atoms with Gasteiger partial charge in [0, 0.05) is 50.7 Å². The molecule has 1 aromatic rings. The Bertz CT molecular complexity index is 654. The first kappa shape index (κ1) is 18.2. The third-order valence-electron chi connectivity index (χ3n) is 4.84. The van der Waals surface area contributed by atoms with E-state index in [1.54, 1.807) is 23.1 Å². The summed E-state index contributed by atoms with van der Waals surface area (Å²) in [7, 11) is 0. The van der Waals surface area contributed by atoms with E-state index < -0.39 is 0 Å². The molecule has 3 rings (SSSR count). The highest BCUT2D eigenvalue weighted by Gasteiger charge is 2.29. The minimum atomic E-state index is -0.00411. The number of amides is 2. The molecule has 136 valence electrons. The molecular weight excluding hydrogens is 338 g/mol. The van der Waals surface area contributed by atoms with E-state index in [-0.39, 0.29) is 11.8 Å². The Hall–Kier alpha value is -1.59. The van der Waals surface area contributed by atoms with E-state index in [4.69, 9.17) is 11.6 Å². The number of anilines is 1. The molecule has 2 heterocycles. The van der Waals surface area contributed by atoms with Crippen molar-refractivity contribution < 1.29 is 9.59 Å². The summed E-state index contributed by atoms with van der Waals surface area (Å²) in [6, 6.07) is 5.23. The van der Waals surface area contributed by atoms with Crippen LogP contribution in [0.25, 0.3) is 0 Å². The summed E-state index contributed by atoms with van der Waals surface area (Å²) < 4.78 is 0. The molecule has 0 saturated carbocycles. The van der Waals surface area contributed by atoms with Crippen LogP contribution in [0.1, 0.15) is 37.0 Å². The fourth-order valence-corrected chi connectivity index (χ4v) is 3.80. The monoisotopic (exact) mass is 363 g/mol. The number of benzene rings is 1. The third-order valence-corrected chi connectivity index (χ3v) is 5.07. The van der Waals surface area contributed by atoms with Gasteiger partial charge in [-0.2, -0.15) is 0 Å². The number of hydrogen-bond donors (Lipinski definition) is 0. The van der Waals surface area contributed by atoms with Crippen LogP contribution in [0, 0.1) is 5.92 Å². The van der Waals surface area contributed by atoms with Crippen molar-refractivity contribution in [3.05, 3.63) is 28.8 Å². The van der Waals surface area contributed by atoms with Gasteiger partial charge in [-0.15, -0.1) is 0 Å².